The van der Waals surface area contributed by atoms with Gasteiger partial charge in [-0.1, -0.05) is 24.3 Å². The molecule has 2 aromatic carbocycles. The molecular formula is C20H19NO4. The van der Waals surface area contributed by atoms with E-state index in [2.05, 4.69) is 4.98 Å². The van der Waals surface area contributed by atoms with Gasteiger partial charge in [-0.2, -0.15) is 0 Å². The largest absolute Gasteiger partial charge is 0.496 e. The minimum Gasteiger partial charge on any atom is -0.496 e. The lowest BCUT2D eigenvalue weighted by atomic mass is 9.98. The van der Waals surface area contributed by atoms with Gasteiger partial charge < -0.3 is 14.5 Å². The van der Waals surface area contributed by atoms with Gasteiger partial charge in [0.15, 0.2) is 0 Å². The lowest BCUT2D eigenvalue weighted by molar-refractivity contribution is 0.0523. The minimum atomic E-state index is -0.612. The third kappa shape index (κ3) is 3.40. The first kappa shape index (κ1) is 16.8. The summed E-state index contributed by atoms with van der Waals surface area (Å²) in [6, 6.07) is 13.7. The maximum Gasteiger partial charge on any atom is 0.344 e. The summed E-state index contributed by atoms with van der Waals surface area (Å²) in [5.41, 5.74) is 1.10. The van der Waals surface area contributed by atoms with Gasteiger partial charge >= 0.3 is 5.97 Å². The van der Waals surface area contributed by atoms with E-state index in [-0.39, 0.29) is 12.2 Å². The second-order valence-electron chi connectivity index (χ2n) is 5.62. The molecule has 3 rings (SSSR count). The van der Waals surface area contributed by atoms with Gasteiger partial charge in [-0.15, -0.1) is 0 Å². The first-order valence-electron chi connectivity index (χ1n) is 8.07. The number of aromatic nitrogens is 1. The van der Waals surface area contributed by atoms with E-state index in [1.54, 1.807) is 20.1 Å². The van der Waals surface area contributed by atoms with E-state index in [0.29, 0.717) is 17.7 Å². The van der Waals surface area contributed by atoms with Gasteiger partial charge in [-0.05, 0) is 47.0 Å². The Bertz CT molecular complexity index is 975. The van der Waals surface area contributed by atoms with Crippen molar-refractivity contribution in [2.75, 3.05) is 13.7 Å². The van der Waals surface area contributed by atoms with Crippen LogP contribution in [0.15, 0.2) is 53.5 Å². The summed E-state index contributed by atoms with van der Waals surface area (Å²) in [7, 11) is 1.61. The normalized spacial score (nSPS) is 10.6. The number of hydrogen-bond donors (Lipinski definition) is 1. The number of carbonyl (C=O) groups is 1. The van der Waals surface area contributed by atoms with E-state index in [4.69, 9.17) is 9.47 Å². The van der Waals surface area contributed by atoms with Crippen LogP contribution in [0.25, 0.3) is 10.8 Å². The Kier molecular flexibility index (Phi) is 4.84. The molecule has 3 aromatic rings. The zero-order valence-corrected chi connectivity index (χ0v) is 14.2. The molecule has 0 radical (unpaired) electrons. The van der Waals surface area contributed by atoms with Crippen molar-refractivity contribution in [2.24, 2.45) is 0 Å². The standard InChI is InChI=1S/C20H19NO4/c1-3-25-20(23)18-15(8-9-21-19(18)22)11-16-10-13-6-4-5-7-14(13)12-17(16)24-2/h4-10,12H,3,11H2,1-2H3,(H,21,22). The van der Waals surface area contributed by atoms with Crippen molar-refractivity contribution < 1.29 is 14.3 Å². The number of carbonyl (C=O) groups excluding carboxylic acids is 1. The summed E-state index contributed by atoms with van der Waals surface area (Å²) >= 11 is 0. The highest BCUT2D eigenvalue weighted by atomic mass is 16.5. The van der Waals surface area contributed by atoms with Crippen molar-refractivity contribution in [3.05, 3.63) is 75.7 Å². The molecule has 25 heavy (non-hydrogen) atoms. The Morgan fingerprint density at radius 2 is 1.80 bits per heavy atom. The van der Waals surface area contributed by atoms with Crippen molar-refractivity contribution in [3.8, 4) is 5.75 Å². The Hall–Kier alpha value is -3.08. The first-order chi connectivity index (χ1) is 12.1. The number of benzene rings is 2. The molecule has 128 valence electrons. The molecule has 0 aliphatic rings. The number of aromatic amines is 1. The minimum absolute atomic E-state index is 0.0413. The molecule has 5 heteroatoms. The molecule has 0 spiro atoms. The van der Waals surface area contributed by atoms with Crippen molar-refractivity contribution in [2.45, 2.75) is 13.3 Å². The molecule has 0 fully saturated rings. The van der Waals surface area contributed by atoms with Gasteiger partial charge in [0.1, 0.15) is 11.3 Å². The average molecular weight is 337 g/mol. The SMILES string of the molecule is CCOC(=O)c1c(Cc2cc3ccccc3cc2OC)cc[nH]c1=O. The van der Waals surface area contributed by atoms with E-state index in [9.17, 15) is 9.59 Å². The zero-order valence-electron chi connectivity index (χ0n) is 14.2. The van der Waals surface area contributed by atoms with E-state index in [0.717, 1.165) is 16.3 Å². The van der Waals surface area contributed by atoms with Crippen molar-refractivity contribution in [1.82, 2.24) is 4.98 Å². The number of rotatable bonds is 5. The quantitative estimate of drug-likeness (QED) is 0.725. The maximum absolute atomic E-state index is 12.2. The predicted octanol–water partition coefficient (Wildman–Crippen LogP) is 3.30. The summed E-state index contributed by atoms with van der Waals surface area (Å²) in [6.07, 6.45) is 1.93. The van der Waals surface area contributed by atoms with E-state index in [1.165, 1.54) is 6.20 Å². The van der Waals surface area contributed by atoms with Crippen LogP contribution < -0.4 is 10.3 Å². The zero-order chi connectivity index (χ0) is 17.8. The molecule has 1 aromatic heterocycles. The maximum atomic E-state index is 12.2. The summed E-state index contributed by atoms with van der Waals surface area (Å²) in [6.45, 7) is 1.92. The van der Waals surface area contributed by atoms with Crippen LogP contribution in [-0.2, 0) is 11.2 Å². The summed E-state index contributed by atoms with van der Waals surface area (Å²) in [5, 5.41) is 2.14. The van der Waals surface area contributed by atoms with Gasteiger partial charge in [-0.3, -0.25) is 4.79 Å². The molecule has 0 atom stereocenters. The Morgan fingerprint density at radius 1 is 1.08 bits per heavy atom. The number of fused-ring (bicyclic) bond motifs is 1. The molecule has 1 N–H and O–H groups in total. The van der Waals surface area contributed by atoms with Crippen molar-refractivity contribution in [1.29, 1.82) is 0 Å². The molecule has 5 nitrogen and oxygen atoms in total. The third-order valence-corrected chi connectivity index (χ3v) is 4.06. The number of hydrogen-bond acceptors (Lipinski definition) is 4. The Balaban J connectivity index is 2.08. The fourth-order valence-corrected chi connectivity index (χ4v) is 2.89. The molecule has 0 saturated carbocycles. The monoisotopic (exact) mass is 337 g/mol. The topological polar surface area (TPSA) is 68.4 Å². The molecule has 0 unspecified atom stereocenters. The van der Waals surface area contributed by atoms with Crippen LogP contribution in [0.5, 0.6) is 5.75 Å². The Morgan fingerprint density at radius 3 is 2.48 bits per heavy atom. The number of nitrogens with one attached hydrogen (secondary N) is 1. The first-order valence-corrected chi connectivity index (χ1v) is 8.07. The number of ether oxygens (including phenoxy) is 2. The summed E-state index contributed by atoms with van der Waals surface area (Å²) in [5.74, 6) is 0.105. The lowest BCUT2D eigenvalue weighted by Crippen LogP contribution is -2.22. The summed E-state index contributed by atoms with van der Waals surface area (Å²) < 4.78 is 10.5. The smallest absolute Gasteiger partial charge is 0.344 e. The van der Waals surface area contributed by atoms with Crippen molar-refractivity contribution >= 4 is 16.7 Å². The van der Waals surface area contributed by atoms with Gasteiger partial charge in [0.05, 0.1) is 13.7 Å². The Labute approximate surface area is 145 Å². The van der Waals surface area contributed by atoms with E-state index in [1.807, 2.05) is 36.4 Å². The van der Waals surface area contributed by atoms with Crippen LogP contribution in [0.3, 0.4) is 0 Å². The lowest BCUT2D eigenvalue weighted by Gasteiger charge is -2.12. The van der Waals surface area contributed by atoms with Crippen LogP contribution in [0.1, 0.15) is 28.4 Å². The number of H-pyrrole nitrogens is 1. The second-order valence-corrected chi connectivity index (χ2v) is 5.62. The molecule has 0 amide bonds. The van der Waals surface area contributed by atoms with Gasteiger partial charge in [0, 0.05) is 12.6 Å². The number of esters is 1. The van der Waals surface area contributed by atoms with Crippen LogP contribution in [0.4, 0.5) is 0 Å². The molecule has 1 heterocycles. The molecule has 0 saturated heterocycles. The molecule has 0 aliphatic carbocycles. The average Bonchev–Trinajstić information content (AvgIpc) is 2.61. The van der Waals surface area contributed by atoms with Crippen molar-refractivity contribution in [3.63, 3.8) is 0 Å². The highest BCUT2D eigenvalue weighted by Crippen LogP contribution is 2.28. The van der Waals surface area contributed by atoms with Gasteiger partial charge in [0.25, 0.3) is 5.56 Å². The molecule has 0 bridgehead atoms. The molecular weight excluding hydrogens is 318 g/mol. The van der Waals surface area contributed by atoms with Crippen LogP contribution in [-0.4, -0.2) is 24.7 Å². The highest BCUT2D eigenvalue weighted by molar-refractivity contribution is 5.91. The van der Waals surface area contributed by atoms with E-state index >= 15 is 0 Å². The fraction of sp³-hybridized carbons (Fsp3) is 0.200. The predicted molar refractivity (Wildman–Crippen MR) is 96.3 cm³/mol. The van der Waals surface area contributed by atoms with Crippen LogP contribution in [0.2, 0.25) is 0 Å². The van der Waals surface area contributed by atoms with Crippen LogP contribution >= 0.6 is 0 Å². The van der Waals surface area contributed by atoms with Gasteiger partial charge in [0.2, 0.25) is 0 Å². The fourth-order valence-electron chi connectivity index (χ4n) is 2.89. The van der Waals surface area contributed by atoms with Crippen LogP contribution in [0, 0.1) is 0 Å². The number of methoxy groups -OCH3 is 1. The highest BCUT2D eigenvalue weighted by Gasteiger charge is 2.18. The second kappa shape index (κ2) is 7.21. The summed E-state index contributed by atoms with van der Waals surface area (Å²) in [4.78, 5) is 26.8. The molecule has 0 aliphatic heterocycles. The number of pyridine rings is 1. The van der Waals surface area contributed by atoms with Gasteiger partial charge in [-0.25, -0.2) is 4.79 Å². The van der Waals surface area contributed by atoms with E-state index < -0.39 is 11.5 Å². The third-order valence-electron chi connectivity index (χ3n) is 4.06.